The van der Waals surface area contributed by atoms with E-state index in [0.717, 1.165) is 12.0 Å². The van der Waals surface area contributed by atoms with Gasteiger partial charge in [0.15, 0.2) is 0 Å². The largest absolute Gasteiger partial charge is 0.357 e. The Morgan fingerprint density at radius 2 is 2.00 bits per heavy atom. The van der Waals surface area contributed by atoms with Crippen molar-refractivity contribution in [2.75, 3.05) is 10.6 Å². The number of rotatable bonds is 4. The molecule has 1 aromatic heterocycles. The summed E-state index contributed by atoms with van der Waals surface area (Å²) in [6, 6.07) is 8.96. The molecule has 2 rings (SSSR count). The van der Waals surface area contributed by atoms with Crippen molar-refractivity contribution in [3.8, 4) is 0 Å². The molecular formula is C15H17N3O2. The van der Waals surface area contributed by atoms with Crippen LogP contribution in [0, 0.1) is 0 Å². The van der Waals surface area contributed by atoms with E-state index in [-0.39, 0.29) is 11.8 Å². The lowest BCUT2D eigenvalue weighted by atomic mass is 10.1. The summed E-state index contributed by atoms with van der Waals surface area (Å²) in [5, 5.41) is 5.56. The Bertz CT molecular complexity index is 618. The van der Waals surface area contributed by atoms with E-state index in [9.17, 15) is 9.59 Å². The predicted molar refractivity (Wildman–Crippen MR) is 78.9 cm³/mol. The summed E-state index contributed by atoms with van der Waals surface area (Å²) in [5.74, 6) is -0.347. The van der Waals surface area contributed by atoms with Gasteiger partial charge in [0, 0.05) is 24.5 Å². The van der Waals surface area contributed by atoms with Crippen LogP contribution >= 0.6 is 0 Å². The van der Waals surface area contributed by atoms with Gasteiger partial charge in [-0.15, -0.1) is 0 Å². The highest BCUT2D eigenvalue weighted by atomic mass is 16.2. The third kappa shape index (κ3) is 3.26. The van der Waals surface area contributed by atoms with E-state index in [2.05, 4.69) is 15.6 Å². The Morgan fingerprint density at radius 1 is 1.20 bits per heavy atom. The van der Waals surface area contributed by atoms with Crippen molar-refractivity contribution in [3.63, 3.8) is 0 Å². The zero-order chi connectivity index (χ0) is 14.5. The van der Waals surface area contributed by atoms with Crippen molar-refractivity contribution in [3.05, 3.63) is 47.8 Å². The van der Waals surface area contributed by atoms with Gasteiger partial charge in [-0.25, -0.2) is 0 Å². The molecule has 5 nitrogen and oxygen atoms in total. The third-order valence-corrected chi connectivity index (χ3v) is 2.90. The lowest BCUT2D eigenvalue weighted by Gasteiger charge is -2.12. The second-order valence-corrected chi connectivity index (χ2v) is 4.44. The van der Waals surface area contributed by atoms with Crippen LogP contribution in [-0.2, 0) is 11.2 Å². The number of H-pyrrole nitrogens is 1. The number of carbonyl (C=O) groups is 2. The predicted octanol–water partition coefficient (Wildman–Crippen LogP) is 2.79. The van der Waals surface area contributed by atoms with Gasteiger partial charge < -0.3 is 15.6 Å². The first-order chi connectivity index (χ1) is 9.60. The van der Waals surface area contributed by atoms with Crippen molar-refractivity contribution >= 4 is 23.2 Å². The molecule has 3 N–H and O–H groups in total. The molecule has 0 saturated heterocycles. The number of anilines is 2. The molecule has 0 unspecified atom stereocenters. The second-order valence-electron chi connectivity index (χ2n) is 4.44. The molecule has 20 heavy (non-hydrogen) atoms. The normalized spacial score (nSPS) is 10.1. The molecule has 1 heterocycles. The molecule has 0 atom stereocenters. The maximum atomic E-state index is 12.0. The average Bonchev–Trinajstić information content (AvgIpc) is 2.92. The summed E-state index contributed by atoms with van der Waals surface area (Å²) in [7, 11) is 0. The van der Waals surface area contributed by atoms with Crippen LogP contribution in [-0.4, -0.2) is 16.8 Å². The summed E-state index contributed by atoms with van der Waals surface area (Å²) in [6.45, 7) is 3.46. The first-order valence-corrected chi connectivity index (χ1v) is 6.45. The van der Waals surface area contributed by atoms with Crippen LogP contribution in [0.3, 0.4) is 0 Å². The number of hydrogen-bond acceptors (Lipinski definition) is 2. The van der Waals surface area contributed by atoms with E-state index in [4.69, 9.17) is 0 Å². The van der Waals surface area contributed by atoms with Crippen LogP contribution in [0.15, 0.2) is 36.5 Å². The smallest absolute Gasteiger partial charge is 0.272 e. The van der Waals surface area contributed by atoms with E-state index in [1.165, 1.54) is 6.92 Å². The molecule has 1 aromatic carbocycles. The Morgan fingerprint density at radius 3 is 2.60 bits per heavy atom. The fourth-order valence-electron chi connectivity index (χ4n) is 1.94. The summed E-state index contributed by atoms with van der Waals surface area (Å²) < 4.78 is 0. The minimum absolute atomic E-state index is 0.143. The maximum Gasteiger partial charge on any atom is 0.272 e. The topological polar surface area (TPSA) is 74.0 Å². The Labute approximate surface area is 117 Å². The molecule has 0 aliphatic carbocycles. The first kappa shape index (κ1) is 13.9. The summed E-state index contributed by atoms with van der Waals surface area (Å²) >= 11 is 0. The van der Waals surface area contributed by atoms with Gasteiger partial charge >= 0.3 is 0 Å². The van der Waals surface area contributed by atoms with Gasteiger partial charge in [-0.1, -0.05) is 13.0 Å². The number of amides is 2. The monoisotopic (exact) mass is 271 g/mol. The molecule has 0 fully saturated rings. The highest BCUT2D eigenvalue weighted by Gasteiger charge is 2.10. The van der Waals surface area contributed by atoms with Gasteiger partial charge in [0.25, 0.3) is 5.91 Å². The molecule has 2 amide bonds. The Balaban J connectivity index is 2.24. The number of carbonyl (C=O) groups excluding carboxylic acids is 2. The van der Waals surface area contributed by atoms with Crippen molar-refractivity contribution in [2.24, 2.45) is 0 Å². The number of benzene rings is 1. The van der Waals surface area contributed by atoms with Crippen molar-refractivity contribution in [1.29, 1.82) is 0 Å². The minimum Gasteiger partial charge on any atom is -0.357 e. The van der Waals surface area contributed by atoms with Crippen LogP contribution in [0.5, 0.6) is 0 Å². The third-order valence-electron chi connectivity index (χ3n) is 2.90. The molecule has 0 spiro atoms. The lowest BCUT2D eigenvalue weighted by molar-refractivity contribution is -0.114. The van der Waals surface area contributed by atoms with Crippen molar-refractivity contribution in [1.82, 2.24) is 4.98 Å². The first-order valence-electron chi connectivity index (χ1n) is 6.45. The van der Waals surface area contributed by atoms with Crippen LogP contribution in [0.2, 0.25) is 0 Å². The molecule has 0 bridgehead atoms. The second kappa shape index (κ2) is 6.06. The number of aromatic amines is 1. The van der Waals surface area contributed by atoms with Gasteiger partial charge in [-0.3, -0.25) is 9.59 Å². The number of nitrogens with one attached hydrogen (secondary N) is 3. The highest BCUT2D eigenvalue weighted by Crippen LogP contribution is 2.22. The SMILES string of the molecule is CCc1ccc(NC(C)=O)cc1NC(=O)c1ccc[nH]1. The minimum atomic E-state index is -0.204. The number of hydrogen-bond donors (Lipinski definition) is 3. The fourth-order valence-corrected chi connectivity index (χ4v) is 1.94. The van der Waals surface area contributed by atoms with Crippen LogP contribution in [0.1, 0.15) is 29.9 Å². The summed E-state index contributed by atoms with van der Waals surface area (Å²) in [4.78, 5) is 26.0. The van der Waals surface area contributed by atoms with Crippen LogP contribution in [0.4, 0.5) is 11.4 Å². The van der Waals surface area contributed by atoms with E-state index in [1.54, 1.807) is 24.4 Å². The average molecular weight is 271 g/mol. The van der Waals surface area contributed by atoms with Crippen molar-refractivity contribution < 1.29 is 9.59 Å². The van der Waals surface area contributed by atoms with Crippen LogP contribution in [0.25, 0.3) is 0 Å². The van der Waals surface area contributed by atoms with Gasteiger partial charge in [0.1, 0.15) is 5.69 Å². The molecule has 5 heteroatoms. The quantitative estimate of drug-likeness (QED) is 0.800. The molecule has 2 aromatic rings. The van der Waals surface area contributed by atoms with Crippen molar-refractivity contribution in [2.45, 2.75) is 20.3 Å². The Kier molecular flexibility index (Phi) is 4.20. The molecule has 0 aliphatic heterocycles. The molecular weight excluding hydrogens is 254 g/mol. The summed E-state index contributed by atoms with van der Waals surface area (Å²) in [5.41, 5.74) is 2.88. The van der Waals surface area contributed by atoms with E-state index < -0.39 is 0 Å². The molecule has 0 aliphatic rings. The Hall–Kier alpha value is -2.56. The van der Waals surface area contributed by atoms with Gasteiger partial charge in [-0.2, -0.15) is 0 Å². The lowest BCUT2D eigenvalue weighted by Crippen LogP contribution is -2.14. The van der Waals surface area contributed by atoms with Gasteiger partial charge in [-0.05, 0) is 36.2 Å². The fraction of sp³-hybridized carbons (Fsp3) is 0.200. The summed E-state index contributed by atoms with van der Waals surface area (Å²) in [6.07, 6.45) is 2.49. The molecule has 0 radical (unpaired) electrons. The van der Waals surface area contributed by atoms with E-state index >= 15 is 0 Å². The zero-order valence-electron chi connectivity index (χ0n) is 11.5. The zero-order valence-corrected chi connectivity index (χ0v) is 11.5. The van der Waals surface area contributed by atoms with Crippen LogP contribution < -0.4 is 10.6 Å². The molecule has 0 saturated carbocycles. The highest BCUT2D eigenvalue weighted by molar-refractivity contribution is 6.03. The van der Waals surface area contributed by atoms with E-state index in [1.807, 2.05) is 19.1 Å². The standard InChI is InChI=1S/C15H17N3O2/c1-3-11-6-7-12(17-10(2)19)9-14(11)18-15(20)13-5-4-8-16-13/h4-9,16H,3H2,1-2H3,(H,17,19)(H,18,20). The van der Waals surface area contributed by atoms with E-state index in [0.29, 0.717) is 17.1 Å². The van der Waals surface area contributed by atoms with Gasteiger partial charge in [0.05, 0.1) is 0 Å². The molecule has 104 valence electrons. The maximum absolute atomic E-state index is 12.0. The van der Waals surface area contributed by atoms with Gasteiger partial charge in [0.2, 0.25) is 5.91 Å². The number of aryl methyl sites for hydroxylation is 1. The number of aromatic nitrogens is 1.